The van der Waals surface area contributed by atoms with Gasteiger partial charge in [-0.15, -0.1) is 11.3 Å². The molecule has 3 aromatic rings. The smallest absolute Gasteiger partial charge is 0.276 e. The summed E-state index contributed by atoms with van der Waals surface area (Å²) in [6, 6.07) is 7.44. The van der Waals surface area contributed by atoms with Crippen LogP contribution in [0.3, 0.4) is 0 Å². The van der Waals surface area contributed by atoms with Crippen LogP contribution in [0.4, 0.5) is 10.8 Å². The second-order valence-electron chi connectivity index (χ2n) is 5.71. The number of anilines is 2. The van der Waals surface area contributed by atoms with Gasteiger partial charge in [0.25, 0.3) is 15.9 Å². The summed E-state index contributed by atoms with van der Waals surface area (Å²) in [4.78, 5) is 16.3. The summed E-state index contributed by atoms with van der Waals surface area (Å²) in [7, 11) is -3.73. The van der Waals surface area contributed by atoms with Crippen LogP contribution in [0.25, 0.3) is 0 Å². The Morgan fingerprint density at radius 1 is 1.26 bits per heavy atom. The quantitative estimate of drug-likeness (QED) is 0.672. The van der Waals surface area contributed by atoms with E-state index in [9.17, 15) is 13.2 Å². The second kappa shape index (κ2) is 7.00. The van der Waals surface area contributed by atoms with E-state index < -0.39 is 15.9 Å². The minimum absolute atomic E-state index is 0.0709. The third kappa shape index (κ3) is 3.78. The van der Waals surface area contributed by atoms with Gasteiger partial charge in [0.1, 0.15) is 0 Å². The summed E-state index contributed by atoms with van der Waals surface area (Å²) in [6.45, 7) is 1.32. The molecule has 140 valence electrons. The molecule has 3 heterocycles. The predicted octanol–water partition coefficient (Wildman–Crippen LogP) is 2.18. The van der Waals surface area contributed by atoms with Gasteiger partial charge in [-0.1, -0.05) is 0 Å². The van der Waals surface area contributed by atoms with Crippen molar-refractivity contribution in [2.75, 3.05) is 16.6 Å². The monoisotopic (exact) mass is 405 g/mol. The maximum Gasteiger partial charge on any atom is 0.276 e. The number of nitrogens with zero attached hydrogens (tertiary/aromatic N) is 3. The van der Waals surface area contributed by atoms with Crippen LogP contribution in [0.2, 0.25) is 0 Å². The molecule has 0 unspecified atom stereocenters. The first kappa shape index (κ1) is 17.5. The minimum Gasteiger partial charge on any atom is -0.478 e. The molecule has 1 amide bonds. The standard InChI is InChI=1S/C16H15N5O4S2/c22-15(13-10-14-21(19-13)7-1-8-25-14)18-11-2-4-12(5-3-11)27(23,24)20-16-17-6-9-26-16/h2-6,9-10H,1,7-8H2,(H,17,20)(H,18,22). The average Bonchev–Trinajstić information content (AvgIpc) is 3.31. The Bertz CT molecular complexity index is 1040. The van der Waals surface area contributed by atoms with Gasteiger partial charge < -0.3 is 10.1 Å². The molecule has 1 aliphatic heterocycles. The third-order valence-electron chi connectivity index (χ3n) is 3.82. The summed E-state index contributed by atoms with van der Waals surface area (Å²) < 4.78 is 34.1. The van der Waals surface area contributed by atoms with Crippen LogP contribution in [0.1, 0.15) is 16.9 Å². The van der Waals surface area contributed by atoms with Crippen molar-refractivity contribution in [1.29, 1.82) is 0 Å². The number of benzene rings is 1. The first-order valence-corrected chi connectivity index (χ1v) is 10.4. The van der Waals surface area contributed by atoms with Crippen LogP contribution in [-0.4, -0.2) is 35.7 Å². The van der Waals surface area contributed by atoms with E-state index in [4.69, 9.17) is 4.74 Å². The van der Waals surface area contributed by atoms with Crippen molar-refractivity contribution in [2.24, 2.45) is 0 Å². The van der Waals surface area contributed by atoms with E-state index in [0.717, 1.165) is 6.42 Å². The summed E-state index contributed by atoms with van der Waals surface area (Å²) in [5, 5.41) is 8.88. The fraction of sp³-hybridized carbons (Fsp3) is 0.188. The van der Waals surface area contributed by atoms with Gasteiger partial charge in [-0.05, 0) is 24.3 Å². The van der Waals surface area contributed by atoms with Crippen LogP contribution in [-0.2, 0) is 16.6 Å². The molecular weight excluding hydrogens is 390 g/mol. The van der Waals surface area contributed by atoms with Crippen molar-refractivity contribution in [1.82, 2.24) is 14.8 Å². The fourth-order valence-corrected chi connectivity index (χ4v) is 4.33. The molecule has 0 saturated carbocycles. The Morgan fingerprint density at radius 2 is 2.07 bits per heavy atom. The highest BCUT2D eigenvalue weighted by molar-refractivity contribution is 7.93. The van der Waals surface area contributed by atoms with Gasteiger partial charge in [-0.3, -0.25) is 9.52 Å². The molecule has 11 heteroatoms. The lowest BCUT2D eigenvalue weighted by atomic mass is 10.3. The van der Waals surface area contributed by atoms with Gasteiger partial charge in [0.05, 0.1) is 11.5 Å². The zero-order valence-electron chi connectivity index (χ0n) is 14.0. The topological polar surface area (TPSA) is 115 Å². The summed E-state index contributed by atoms with van der Waals surface area (Å²) in [6.07, 6.45) is 2.36. The minimum atomic E-state index is -3.73. The van der Waals surface area contributed by atoms with E-state index in [0.29, 0.717) is 29.9 Å². The molecule has 0 spiro atoms. The molecular formula is C16H15N5O4S2. The van der Waals surface area contributed by atoms with Crippen LogP contribution in [0.15, 0.2) is 46.8 Å². The largest absolute Gasteiger partial charge is 0.478 e. The Kier molecular flexibility index (Phi) is 4.54. The number of hydrogen-bond donors (Lipinski definition) is 2. The molecule has 0 aliphatic carbocycles. The maximum atomic E-state index is 12.3. The zero-order chi connectivity index (χ0) is 18.9. The second-order valence-corrected chi connectivity index (χ2v) is 8.29. The van der Waals surface area contributed by atoms with Crippen molar-refractivity contribution in [2.45, 2.75) is 17.9 Å². The molecule has 27 heavy (non-hydrogen) atoms. The van der Waals surface area contributed by atoms with Crippen LogP contribution < -0.4 is 14.8 Å². The number of aromatic nitrogens is 3. The van der Waals surface area contributed by atoms with Crippen molar-refractivity contribution in [3.8, 4) is 5.88 Å². The normalized spacial score (nSPS) is 13.5. The number of amides is 1. The first-order valence-electron chi connectivity index (χ1n) is 8.06. The highest BCUT2D eigenvalue weighted by Gasteiger charge is 2.19. The van der Waals surface area contributed by atoms with E-state index in [1.54, 1.807) is 16.1 Å². The number of ether oxygens (including phenoxy) is 1. The number of hydrogen-bond acceptors (Lipinski definition) is 7. The summed E-state index contributed by atoms with van der Waals surface area (Å²) in [5.41, 5.74) is 0.703. The van der Waals surface area contributed by atoms with Gasteiger partial charge >= 0.3 is 0 Å². The predicted molar refractivity (Wildman–Crippen MR) is 99.7 cm³/mol. The lowest BCUT2D eigenvalue weighted by Crippen LogP contribution is -2.16. The number of fused-ring (bicyclic) bond motifs is 1. The highest BCUT2D eigenvalue weighted by atomic mass is 32.2. The Balaban J connectivity index is 1.46. The Hall–Kier alpha value is -2.92. The molecule has 2 N–H and O–H groups in total. The molecule has 4 rings (SSSR count). The SMILES string of the molecule is O=C(Nc1ccc(S(=O)(=O)Nc2nccs2)cc1)c1cc2n(n1)CCCO2. The Morgan fingerprint density at radius 3 is 2.78 bits per heavy atom. The molecule has 0 bridgehead atoms. The number of nitrogens with one attached hydrogen (secondary N) is 2. The molecule has 9 nitrogen and oxygen atoms in total. The van der Waals surface area contributed by atoms with Crippen LogP contribution in [0.5, 0.6) is 5.88 Å². The van der Waals surface area contributed by atoms with Crippen molar-refractivity contribution < 1.29 is 17.9 Å². The van der Waals surface area contributed by atoms with E-state index in [2.05, 4.69) is 20.1 Å². The molecule has 2 aromatic heterocycles. The highest BCUT2D eigenvalue weighted by Crippen LogP contribution is 2.21. The lowest BCUT2D eigenvalue weighted by Gasteiger charge is -2.13. The Labute approximate surface area is 159 Å². The number of aryl methyl sites for hydroxylation is 1. The third-order valence-corrected chi connectivity index (χ3v) is 5.99. The summed E-state index contributed by atoms with van der Waals surface area (Å²) in [5.74, 6) is 0.179. The van der Waals surface area contributed by atoms with Gasteiger partial charge in [0.2, 0.25) is 5.88 Å². The molecule has 0 atom stereocenters. The van der Waals surface area contributed by atoms with Gasteiger partial charge in [-0.2, -0.15) is 5.10 Å². The zero-order valence-corrected chi connectivity index (χ0v) is 15.6. The van der Waals surface area contributed by atoms with E-state index >= 15 is 0 Å². The molecule has 1 aromatic carbocycles. The number of carbonyl (C=O) groups excluding carboxylic acids is 1. The number of sulfonamides is 1. The van der Waals surface area contributed by atoms with E-state index in [-0.39, 0.29) is 10.6 Å². The van der Waals surface area contributed by atoms with Gasteiger partial charge in [0.15, 0.2) is 10.8 Å². The molecule has 0 radical (unpaired) electrons. The molecule has 1 aliphatic rings. The first-order chi connectivity index (χ1) is 13.0. The number of carbonyl (C=O) groups is 1. The van der Waals surface area contributed by atoms with Gasteiger partial charge in [0, 0.05) is 36.3 Å². The fourth-order valence-electron chi connectivity index (χ4n) is 2.54. The van der Waals surface area contributed by atoms with Crippen molar-refractivity contribution >= 4 is 38.1 Å². The number of rotatable bonds is 5. The van der Waals surface area contributed by atoms with Crippen LogP contribution in [0, 0.1) is 0 Å². The van der Waals surface area contributed by atoms with Gasteiger partial charge in [-0.25, -0.2) is 18.1 Å². The number of thiazole rings is 1. The average molecular weight is 405 g/mol. The van der Waals surface area contributed by atoms with Crippen molar-refractivity contribution in [3.05, 3.63) is 47.6 Å². The van der Waals surface area contributed by atoms with E-state index in [1.807, 2.05) is 0 Å². The maximum absolute atomic E-state index is 12.3. The molecule has 0 saturated heterocycles. The van der Waals surface area contributed by atoms with Crippen LogP contribution >= 0.6 is 11.3 Å². The van der Waals surface area contributed by atoms with Crippen molar-refractivity contribution in [3.63, 3.8) is 0 Å². The lowest BCUT2D eigenvalue weighted by molar-refractivity contribution is 0.102. The molecule has 0 fully saturated rings. The summed E-state index contributed by atoms with van der Waals surface area (Å²) >= 11 is 1.19. The van der Waals surface area contributed by atoms with E-state index in [1.165, 1.54) is 41.8 Å².